The van der Waals surface area contributed by atoms with Crippen molar-refractivity contribution >= 4 is 11.8 Å². The Hall–Kier alpha value is -0.710. The molecule has 0 amide bonds. The van der Waals surface area contributed by atoms with Gasteiger partial charge in [-0.1, -0.05) is 25.1 Å². The minimum absolute atomic E-state index is 0.636. The van der Waals surface area contributed by atoms with Crippen LogP contribution in [-0.4, -0.2) is 45.4 Å². The van der Waals surface area contributed by atoms with Crippen LogP contribution in [0.3, 0.4) is 0 Å². The maximum atomic E-state index is 5.47. The summed E-state index contributed by atoms with van der Waals surface area (Å²) in [5, 5.41) is 3.50. The van der Waals surface area contributed by atoms with Crippen molar-refractivity contribution in [1.29, 1.82) is 0 Å². The first kappa shape index (κ1) is 18.3. The molecule has 0 saturated carbocycles. The molecule has 21 heavy (non-hydrogen) atoms. The van der Waals surface area contributed by atoms with Gasteiger partial charge in [0, 0.05) is 13.7 Å². The summed E-state index contributed by atoms with van der Waals surface area (Å²) in [5.41, 5.74) is 1.31. The minimum Gasteiger partial charge on any atom is -0.496 e. The van der Waals surface area contributed by atoms with Crippen LogP contribution < -0.4 is 10.1 Å². The summed E-state index contributed by atoms with van der Waals surface area (Å²) in [4.78, 5) is 0. The Morgan fingerprint density at radius 1 is 1.24 bits per heavy atom. The van der Waals surface area contributed by atoms with Crippen molar-refractivity contribution in [2.45, 2.75) is 19.8 Å². The molecule has 0 fully saturated rings. The van der Waals surface area contributed by atoms with Gasteiger partial charge in [-0.15, -0.1) is 0 Å². The van der Waals surface area contributed by atoms with Crippen LogP contribution in [0.1, 0.15) is 18.9 Å². The summed E-state index contributed by atoms with van der Waals surface area (Å²) in [6, 6.07) is 8.34. The topological polar surface area (TPSA) is 30.5 Å². The zero-order valence-electron chi connectivity index (χ0n) is 13.6. The molecule has 1 atom stereocenters. The fourth-order valence-electron chi connectivity index (χ4n) is 2.33. The van der Waals surface area contributed by atoms with E-state index >= 15 is 0 Å². The van der Waals surface area contributed by atoms with Crippen molar-refractivity contribution in [1.82, 2.24) is 5.32 Å². The van der Waals surface area contributed by atoms with E-state index < -0.39 is 0 Å². The van der Waals surface area contributed by atoms with Gasteiger partial charge in [-0.05, 0) is 48.4 Å². The van der Waals surface area contributed by atoms with Crippen LogP contribution in [0.4, 0.5) is 0 Å². The lowest BCUT2D eigenvalue weighted by Gasteiger charge is -2.19. The zero-order chi connectivity index (χ0) is 15.3. The highest BCUT2D eigenvalue weighted by Gasteiger charge is 2.12. The van der Waals surface area contributed by atoms with Gasteiger partial charge in [-0.2, -0.15) is 11.8 Å². The molecule has 1 N–H and O–H groups in total. The van der Waals surface area contributed by atoms with Gasteiger partial charge >= 0.3 is 0 Å². The molecule has 0 radical (unpaired) electrons. The van der Waals surface area contributed by atoms with Crippen LogP contribution in [0, 0.1) is 5.92 Å². The molecule has 1 aromatic rings. The molecule has 0 aromatic heterocycles. The predicted molar refractivity (Wildman–Crippen MR) is 92.5 cm³/mol. The molecule has 0 aliphatic carbocycles. The molecule has 0 saturated heterocycles. The van der Waals surface area contributed by atoms with E-state index in [-0.39, 0.29) is 0 Å². The Bertz CT molecular complexity index is 374. The molecule has 0 heterocycles. The second-order valence-corrected chi connectivity index (χ2v) is 6.46. The number of ether oxygens (including phenoxy) is 2. The van der Waals surface area contributed by atoms with Gasteiger partial charge in [0.1, 0.15) is 5.75 Å². The number of hydrogen-bond donors (Lipinski definition) is 1. The molecular formula is C17H29NO2S. The molecule has 1 unspecified atom stereocenters. The van der Waals surface area contributed by atoms with E-state index in [4.69, 9.17) is 9.47 Å². The smallest absolute Gasteiger partial charge is 0.122 e. The Morgan fingerprint density at radius 2 is 2.05 bits per heavy atom. The SMILES string of the molecule is CCSCCC(CNCCOC)Cc1ccccc1OC. The fraction of sp³-hybridized carbons (Fsp3) is 0.647. The largest absolute Gasteiger partial charge is 0.496 e. The van der Waals surface area contributed by atoms with E-state index in [2.05, 4.69) is 24.4 Å². The van der Waals surface area contributed by atoms with E-state index in [1.807, 2.05) is 23.9 Å². The van der Waals surface area contributed by atoms with E-state index in [0.717, 1.165) is 31.9 Å². The highest BCUT2D eigenvalue weighted by Crippen LogP contribution is 2.23. The van der Waals surface area contributed by atoms with Gasteiger partial charge in [0.25, 0.3) is 0 Å². The summed E-state index contributed by atoms with van der Waals surface area (Å²) in [5.74, 6) is 4.06. The van der Waals surface area contributed by atoms with Crippen molar-refractivity contribution in [2.75, 3.05) is 45.4 Å². The third kappa shape index (κ3) is 7.74. The van der Waals surface area contributed by atoms with Crippen molar-refractivity contribution in [2.24, 2.45) is 5.92 Å². The van der Waals surface area contributed by atoms with Gasteiger partial charge < -0.3 is 14.8 Å². The number of nitrogens with one attached hydrogen (secondary N) is 1. The normalized spacial score (nSPS) is 12.3. The Labute approximate surface area is 133 Å². The van der Waals surface area contributed by atoms with Crippen LogP contribution in [0.2, 0.25) is 0 Å². The average Bonchev–Trinajstić information content (AvgIpc) is 2.52. The summed E-state index contributed by atoms with van der Waals surface area (Å²) >= 11 is 2.02. The summed E-state index contributed by atoms with van der Waals surface area (Å²) in [6.07, 6.45) is 2.30. The van der Waals surface area contributed by atoms with E-state index in [9.17, 15) is 0 Å². The first-order valence-corrected chi connectivity index (χ1v) is 8.86. The Balaban J connectivity index is 2.53. The second kappa shape index (κ2) is 11.9. The second-order valence-electron chi connectivity index (χ2n) is 5.06. The van der Waals surface area contributed by atoms with Crippen molar-refractivity contribution in [3.05, 3.63) is 29.8 Å². The van der Waals surface area contributed by atoms with Crippen LogP contribution >= 0.6 is 11.8 Å². The van der Waals surface area contributed by atoms with E-state index in [1.165, 1.54) is 23.5 Å². The lowest BCUT2D eigenvalue weighted by molar-refractivity contribution is 0.197. The molecule has 3 nitrogen and oxygen atoms in total. The Kier molecular flexibility index (Phi) is 10.4. The quantitative estimate of drug-likeness (QED) is 0.600. The zero-order valence-corrected chi connectivity index (χ0v) is 14.4. The number of para-hydroxylation sites is 1. The fourth-order valence-corrected chi connectivity index (χ4v) is 3.12. The maximum absolute atomic E-state index is 5.47. The standard InChI is InChI=1S/C17H29NO2S/c1-4-21-12-9-15(14-18-10-11-19-2)13-16-7-5-6-8-17(16)20-3/h5-8,15,18H,4,9-14H2,1-3H3. The van der Waals surface area contributed by atoms with Gasteiger partial charge in [-0.25, -0.2) is 0 Å². The summed E-state index contributed by atoms with van der Waals surface area (Å²) in [7, 11) is 3.49. The number of benzene rings is 1. The molecule has 0 bridgehead atoms. The van der Waals surface area contributed by atoms with Crippen molar-refractivity contribution in [3.8, 4) is 5.75 Å². The van der Waals surface area contributed by atoms with E-state index in [1.54, 1.807) is 14.2 Å². The van der Waals surface area contributed by atoms with Gasteiger partial charge in [0.15, 0.2) is 0 Å². The van der Waals surface area contributed by atoms with E-state index in [0.29, 0.717) is 5.92 Å². The molecule has 1 aromatic carbocycles. The lowest BCUT2D eigenvalue weighted by atomic mass is 9.96. The van der Waals surface area contributed by atoms with Gasteiger partial charge in [0.2, 0.25) is 0 Å². The van der Waals surface area contributed by atoms with Crippen molar-refractivity contribution < 1.29 is 9.47 Å². The number of rotatable bonds is 12. The van der Waals surface area contributed by atoms with Crippen LogP contribution in [0.15, 0.2) is 24.3 Å². The van der Waals surface area contributed by atoms with Crippen LogP contribution in [0.5, 0.6) is 5.75 Å². The van der Waals surface area contributed by atoms with Crippen LogP contribution in [0.25, 0.3) is 0 Å². The summed E-state index contributed by atoms with van der Waals surface area (Å²) in [6.45, 7) is 4.94. The predicted octanol–water partition coefficient (Wildman–Crippen LogP) is 3.23. The van der Waals surface area contributed by atoms with Gasteiger partial charge in [-0.3, -0.25) is 0 Å². The number of methoxy groups -OCH3 is 2. The third-order valence-corrected chi connectivity index (χ3v) is 4.42. The molecule has 4 heteroatoms. The molecule has 0 spiro atoms. The molecule has 120 valence electrons. The first-order chi connectivity index (χ1) is 10.3. The van der Waals surface area contributed by atoms with Gasteiger partial charge in [0.05, 0.1) is 13.7 Å². The summed E-state index contributed by atoms with van der Waals surface area (Å²) < 4.78 is 10.6. The number of thioether (sulfide) groups is 1. The highest BCUT2D eigenvalue weighted by molar-refractivity contribution is 7.99. The minimum atomic E-state index is 0.636. The highest BCUT2D eigenvalue weighted by atomic mass is 32.2. The molecule has 0 aliphatic rings. The molecular weight excluding hydrogens is 282 g/mol. The third-order valence-electron chi connectivity index (χ3n) is 3.49. The lowest BCUT2D eigenvalue weighted by Crippen LogP contribution is -2.27. The Morgan fingerprint density at radius 3 is 2.76 bits per heavy atom. The molecule has 1 rings (SSSR count). The van der Waals surface area contributed by atoms with Crippen LogP contribution in [-0.2, 0) is 11.2 Å². The maximum Gasteiger partial charge on any atom is 0.122 e. The monoisotopic (exact) mass is 311 g/mol. The molecule has 0 aliphatic heterocycles. The van der Waals surface area contributed by atoms with Crippen molar-refractivity contribution in [3.63, 3.8) is 0 Å². The number of hydrogen-bond acceptors (Lipinski definition) is 4. The first-order valence-electron chi connectivity index (χ1n) is 7.71. The average molecular weight is 311 g/mol.